The Kier molecular flexibility index (Phi) is 3.24. The average molecular weight is 240 g/mol. The molecular formula is C13H17FO3. The topological polar surface area (TPSA) is 38.7 Å². The molecule has 4 heteroatoms. The van der Waals surface area contributed by atoms with Gasteiger partial charge in [0.15, 0.2) is 0 Å². The van der Waals surface area contributed by atoms with Gasteiger partial charge in [-0.2, -0.15) is 0 Å². The SMILES string of the molecule is CC1(C)CC(O)c2ccc(OCCF)cc2O1. The van der Waals surface area contributed by atoms with E-state index >= 15 is 0 Å². The maximum Gasteiger partial charge on any atom is 0.129 e. The second-order valence-electron chi connectivity index (χ2n) is 4.82. The van der Waals surface area contributed by atoms with Gasteiger partial charge in [-0.15, -0.1) is 0 Å². The van der Waals surface area contributed by atoms with E-state index in [4.69, 9.17) is 9.47 Å². The van der Waals surface area contributed by atoms with Gasteiger partial charge in [0.1, 0.15) is 30.4 Å². The van der Waals surface area contributed by atoms with Crippen LogP contribution in [0.5, 0.6) is 11.5 Å². The number of hydrogen-bond acceptors (Lipinski definition) is 3. The number of alkyl halides is 1. The van der Waals surface area contributed by atoms with Crippen molar-refractivity contribution in [1.29, 1.82) is 0 Å². The zero-order chi connectivity index (χ0) is 12.5. The van der Waals surface area contributed by atoms with Crippen LogP contribution in [0.4, 0.5) is 4.39 Å². The first kappa shape index (κ1) is 12.2. The van der Waals surface area contributed by atoms with E-state index in [1.807, 2.05) is 13.8 Å². The molecule has 17 heavy (non-hydrogen) atoms. The van der Waals surface area contributed by atoms with Gasteiger partial charge in [-0.05, 0) is 26.0 Å². The maximum atomic E-state index is 12.0. The monoisotopic (exact) mass is 240 g/mol. The number of benzene rings is 1. The highest BCUT2D eigenvalue weighted by atomic mass is 19.1. The van der Waals surface area contributed by atoms with E-state index in [2.05, 4.69) is 0 Å². The van der Waals surface area contributed by atoms with E-state index in [-0.39, 0.29) is 6.61 Å². The Morgan fingerprint density at radius 2 is 2.29 bits per heavy atom. The Balaban J connectivity index is 2.25. The summed E-state index contributed by atoms with van der Waals surface area (Å²) in [5, 5.41) is 9.98. The van der Waals surface area contributed by atoms with Crippen LogP contribution in [0.15, 0.2) is 18.2 Å². The molecule has 0 aromatic heterocycles. The fraction of sp³-hybridized carbons (Fsp3) is 0.538. The van der Waals surface area contributed by atoms with Crippen molar-refractivity contribution >= 4 is 0 Å². The minimum Gasteiger partial charge on any atom is -0.491 e. The smallest absolute Gasteiger partial charge is 0.129 e. The van der Waals surface area contributed by atoms with Crippen molar-refractivity contribution in [1.82, 2.24) is 0 Å². The normalized spacial score (nSPS) is 21.5. The average Bonchev–Trinajstić information content (AvgIpc) is 2.24. The second-order valence-corrected chi connectivity index (χ2v) is 4.82. The van der Waals surface area contributed by atoms with E-state index in [9.17, 15) is 9.50 Å². The molecule has 2 rings (SSSR count). The fourth-order valence-corrected chi connectivity index (χ4v) is 2.04. The van der Waals surface area contributed by atoms with Gasteiger partial charge < -0.3 is 14.6 Å². The third kappa shape index (κ3) is 2.69. The first-order chi connectivity index (χ1) is 8.02. The zero-order valence-corrected chi connectivity index (χ0v) is 10.1. The summed E-state index contributed by atoms with van der Waals surface area (Å²) in [6.45, 7) is 3.36. The number of ether oxygens (including phenoxy) is 2. The molecule has 0 aliphatic carbocycles. The lowest BCUT2D eigenvalue weighted by Crippen LogP contribution is -2.34. The predicted molar refractivity (Wildman–Crippen MR) is 62.2 cm³/mol. The zero-order valence-electron chi connectivity index (χ0n) is 10.1. The Bertz CT molecular complexity index is 404. The van der Waals surface area contributed by atoms with E-state index in [0.29, 0.717) is 17.9 Å². The van der Waals surface area contributed by atoms with Crippen LogP contribution < -0.4 is 9.47 Å². The molecule has 1 heterocycles. The van der Waals surface area contributed by atoms with Gasteiger partial charge in [0.2, 0.25) is 0 Å². The van der Waals surface area contributed by atoms with Crippen molar-refractivity contribution in [2.75, 3.05) is 13.3 Å². The van der Waals surface area contributed by atoms with Gasteiger partial charge in [0.25, 0.3) is 0 Å². The number of aliphatic hydroxyl groups excluding tert-OH is 1. The van der Waals surface area contributed by atoms with Crippen LogP contribution in [-0.2, 0) is 0 Å². The van der Waals surface area contributed by atoms with Crippen LogP contribution >= 0.6 is 0 Å². The molecule has 1 aromatic carbocycles. The molecule has 1 aliphatic heterocycles. The molecular weight excluding hydrogens is 223 g/mol. The lowest BCUT2D eigenvalue weighted by atomic mass is 9.92. The Morgan fingerprint density at radius 3 is 3.00 bits per heavy atom. The largest absolute Gasteiger partial charge is 0.491 e. The summed E-state index contributed by atoms with van der Waals surface area (Å²) in [6.07, 6.45) is 0.0361. The number of hydrogen-bond donors (Lipinski definition) is 1. The molecule has 3 nitrogen and oxygen atoms in total. The molecule has 1 aromatic rings. The van der Waals surface area contributed by atoms with Gasteiger partial charge >= 0.3 is 0 Å². The van der Waals surface area contributed by atoms with Crippen LogP contribution in [0.2, 0.25) is 0 Å². The summed E-state index contributed by atoms with van der Waals surface area (Å²) in [5.41, 5.74) is 0.363. The number of fused-ring (bicyclic) bond motifs is 1. The molecule has 0 saturated heterocycles. The molecule has 1 unspecified atom stereocenters. The van der Waals surface area contributed by atoms with Crippen molar-refractivity contribution in [3.63, 3.8) is 0 Å². The molecule has 94 valence electrons. The Morgan fingerprint density at radius 1 is 1.53 bits per heavy atom. The standard InChI is InChI=1S/C13H17FO3/c1-13(2)8-11(15)10-4-3-9(16-6-5-14)7-12(10)17-13/h3-4,7,11,15H,5-6,8H2,1-2H3. The highest BCUT2D eigenvalue weighted by Crippen LogP contribution is 2.40. The van der Waals surface area contributed by atoms with Gasteiger partial charge in [0.05, 0.1) is 6.10 Å². The summed E-state index contributed by atoms with van der Waals surface area (Å²) < 4.78 is 23.0. The molecule has 0 saturated carbocycles. The first-order valence-corrected chi connectivity index (χ1v) is 5.72. The quantitative estimate of drug-likeness (QED) is 0.882. The number of halogens is 1. The van der Waals surface area contributed by atoms with E-state index in [1.165, 1.54) is 0 Å². The van der Waals surface area contributed by atoms with Crippen LogP contribution in [-0.4, -0.2) is 24.0 Å². The van der Waals surface area contributed by atoms with Gasteiger partial charge in [0, 0.05) is 18.1 Å². The molecule has 1 N–H and O–H groups in total. The third-order valence-electron chi connectivity index (χ3n) is 2.76. The van der Waals surface area contributed by atoms with Crippen molar-refractivity contribution in [3.05, 3.63) is 23.8 Å². The first-order valence-electron chi connectivity index (χ1n) is 5.72. The minimum atomic E-state index is -0.524. The fourth-order valence-electron chi connectivity index (χ4n) is 2.04. The molecule has 0 radical (unpaired) electrons. The molecule has 1 atom stereocenters. The second kappa shape index (κ2) is 4.53. The Hall–Kier alpha value is -1.29. The number of rotatable bonds is 3. The predicted octanol–water partition coefficient (Wildman–Crippen LogP) is 2.63. The summed E-state index contributed by atoms with van der Waals surface area (Å²) in [4.78, 5) is 0. The Labute approximate surface area is 100 Å². The van der Waals surface area contributed by atoms with Crippen LogP contribution in [0.1, 0.15) is 31.9 Å². The molecule has 0 bridgehead atoms. The van der Waals surface area contributed by atoms with Crippen molar-refractivity contribution in [3.8, 4) is 11.5 Å². The molecule has 0 amide bonds. The van der Waals surface area contributed by atoms with Gasteiger partial charge in [-0.1, -0.05) is 0 Å². The summed E-state index contributed by atoms with van der Waals surface area (Å²) in [7, 11) is 0. The van der Waals surface area contributed by atoms with Gasteiger partial charge in [-0.3, -0.25) is 0 Å². The summed E-state index contributed by atoms with van der Waals surface area (Å²) in [5.74, 6) is 1.18. The van der Waals surface area contributed by atoms with Crippen molar-refractivity contribution in [2.24, 2.45) is 0 Å². The van der Waals surface area contributed by atoms with Crippen molar-refractivity contribution in [2.45, 2.75) is 32.0 Å². The highest BCUT2D eigenvalue weighted by Gasteiger charge is 2.32. The lowest BCUT2D eigenvalue weighted by Gasteiger charge is -2.35. The van der Waals surface area contributed by atoms with Crippen LogP contribution in [0.3, 0.4) is 0 Å². The minimum absolute atomic E-state index is 0.0325. The molecule has 0 fully saturated rings. The van der Waals surface area contributed by atoms with E-state index < -0.39 is 18.4 Å². The number of aliphatic hydroxyl groups is 1. The summed E-state index contributed by atoms with van der Waals surface area (Å²) >= 11 is 0. The van der Waals surface area contributed by atoms with Gasteiger partial charge in [-0.25, -0.2) is 4.39 Å². The van der Waals surface area contributed by atoms with E-state index in [1.54, 1.807) is 18.2 Å². The van der Waals surface area contributed by atoms with Crippen LogP contribution in [0.25, 0.3) is 0 Å². The molecule has 0 spiro atoms. The lowest BCUT2D eigenvalue weighted by molar-refractivity contribution is 0.0113. The maximum absolute atomic E-state index is 12.0. The highest BCUT2D eigenvalue weighted by molar-refractivity contribution is 5.43. The van der Waals surface area contributed by atoms with Crippen LogP contribution in [0, 0.1) is 0 Å². The van der Waals surface area contributed by atoms with Crippen molar-refractivity contribution < 1.29 is 19.0 Å². The van der Waals surface area contributed by atoms with E-state index in [0.717, 1.165) is 5.56 Å². The summed E-state index contributed by atoms with van der Waals surface area (Å²) in [6, 6.07) is 5.19. The third-order valence-corrected chi connectivity index (χ3v) is 2.76. The molecule has 1 aliphatic rings.